The molecule has 0 saturated heterocycles. The third-order valence-corrected chi connectivity index (χ3v) is 1.89. The molecule has 0 aliphatic carbocycles. The summed E-state index contributed by atoms with van der Waals surface area (Å²) in [5.74, 6) is 0. The molecule has 7 N–H and O–H groups in total. The molecule has 1 unspecified atom stereocenters. The molecule has 0 fully saturated rings. The van der Waals surface area contributed by atoms with E-state index in [0.717, 1.165) is 0 Å². The lowest BCUT2D eigenvalue weighted by Crippen LogP contribution is -2.51. The van der Waals surface area contributed by atoms with Crippen LogP contribution in [0.5, 0.6) is 0 Å². The van der Waals surface area contributed by atoms with Crippen LogP contribution in [0, 0.1) is 0 Å². The minimum Gasteiger partial charge on any atom is -0.395 e. The lowest BCUT2D eigenvalue weighted by Gasteiger charge is -2.24. The van der Waals surface area contributed by atoms with E-state index < -0.39 is 5.54 Å². The average molecular weight is 208 g/mol. The van der Waals surface area contributed by atoms with Crippen molar-refractivity contribution >= 4 is 0 Å². The zero-order chi connectivity index (χ0) is 11.0. The summed E-state index contributed by atoms with van der Waals surface area (Å²) < 4.78 is 5.12. The Morgan fingerprint density at radius 2 is 1.79 bits per heavy atom. The van der Waals surface area contributed by atoms with Crippen LogP contribution in [-0.2, 0) is 4.74 Å². The molecule has 0 amide bonds. The summed E-state index contributed by atoms with van der Waals surface area (Å²) in [6.45, 7) is -0.346. The van der Waals surface area contributed by atoms with Crippen LogP contribution < -0.4 is 11.5 Å². The Balaban J connectivity index is 3.52. The van der Waals surface area contributed by atoms with Crippen LogP contribution in [0.4, 0.5) is 0 Å². The number of ether oxygens (including phenoxy) is 1. The van der Waals surface area contributed by atoms with Gasteiger partial charge in [-0.05, 0) is 6.42 Å². The Labute approximate surface area is 83.5 Å². The number of aliphatic hydroxyl groups excluding tert-OH is 3. The predicted octanol–water partition coefficient (Wildman–Crippen LogP) is -2.61. The summed E-state index contributed by atoms with van der Waals surface area (Å²) in [4.78, 5) is 0. The average Bonchev–Trinajstić information content (AvgIpc) is 2.23. The Morgan fingerprint density at radius 1 is 1.21 bits per heavy atom. The van der Waals surface area contributed by atoms with Crippen LogP contribution in [0.15, 0.2) is 0 Å². The van der Waals surface area contributed by atoms with Crippen molar-refractivity contribution in [3.05, 3.63) is 0 Å². The minimum absolute atomic E-state index is 0.0676. The Hall–Kier alpha value is -0.240. The summed E-state index contributed by atoms with van der Waals surface area (Å²) in [5, 5.41) is 26.2. The van der Waals surface area contributed by atoms with E-state index >= 15 is 0 Å². The topological polar surface area (TPSA) is 122 Å². The lowest BCUT2D eigenvalue weighted by molar-refractivity contribution is 0.0217. The van der Waals surface area contributed by atoms with E-state index in [1.165, 1.54) is 0 Å². The van der Waals surface area contributed by atoms with Gasteiger partial charge in [-0.1, -0.05) is 0 Å². The van der Waals surface area contributed by atoms with Crippen LogP contribution in [0.25, 0.3) is 0 Å². The molecule has 0 aliphatic heterocycles. The normalized spacial score (nSPS) is 14.4. The molecule has 0 heterocycles. The summed E-state index contributed by atoms with van der Waals surface area (Å²) in [6.07, 6.45) is 0.517. The Morgan fingerprint density at radius 3 is 2.21 bits per heavy atom. The highest BCUT2D eigenvalue weighted by molar-refractivity contribution is 4.81. The van der Waals surface area contributed by atoms with Gasteiger partial charge in [-0.2, -0.15) is 0 Å². The third kappa shape index (κ3) is 5.48. The minimum atomic E-state index is -1.09. The first kappa shape index (κ1) is 13.8. The maximum absolute atomic E-state index is 8.81. The molecule has 0 aromatic rings. The van der Waals surface area contributed by atoms with Gasteiger partial charge in [0.25, 0.3) is 0 Å². The molecule has 0 bridgehead atoms. The van der Waals surface area contributed by atoms with E-state index in [2.05, 4.69) is 0 Å². The van der Waals surface area contributed by atoms with Crippen molar-refractivity contribution < 1.29 is 20.1 Å². The van der Waals surface area contributed by atoms with Crippen molar-refractivity contribution in [3.8, 4) is 0 Å². The number of nitrogens with two attached hydrogens (primary N) is 2. The largest absolute Gasteiger partial charge is 0.395 e. The molecule has 6 nitrogen and oxygen atoms in total. The van der Waals surface area contributed by atoms with E-state index in [9.17, 15) is 0 Å². The SMILES string of the molecule is NC(CO)CCOCC(N)(CO)CO. The lowest BCUT2D eigenvalue weighted by atomic mass is 10.1. The zero-order valence-corrected chi connectivity index (χ0v) is 8.22. The molecule has 0 rings (SSSR count). The van der Waals surface area contributed by atoms with Crippen molar-refractivity contribution in [2.75, 3.05) is 33.0 Å². The fourth-order valence-electron chi connectivity index (χ4n) is 0.743. The van der Waals surface area contributed by atoms with Crippen LogP contribution >= 0.6 is 0 Å². The van der Waals surface area contributed by atoms with Gasteiger partial charge in [0.1, 0.15) is 0 Å². The van der Waals surface area contributed by atoms with Gasteiger partial charge in [-0.25, -0.2) is 0 Å². The second-order valence-electron chi connectivity index (χ2n) is 3.46. The number of rotatable bonds is 8. The second kappa shape index (κ2) is 7.10. The third-order valence-electron chi connectivity index (χ3n) is 1.89. The molecule has 0 spiro atoms. The molecular formula is C8H20N2O4. The smallest absolute Gasteiger partial charge is 0.0859 e. The quantitative estimate of drug-likeness (QED) is 0.279. The number of aliphatic hydroxyl groups is 3. The Kier molecular flexibility index (Phi) is 6.98. The molecule has 86 valence electrons. The van der Waals surface area contributed by atoms with E-state index in [-0.39, 0.29) is 32.5 Å². The standard InChI is InChI=1S/C8H20N2O4/c9-7(3-11)1-2-14-6-8(10,4-12)5-13/h7,11-13H,1-6,9-10H2. The molecule has 0 aliphatic rings. The molecular weight excluding hydrogens is 188 g/mol. The first-order valence-corrected chi connectivity index (χ1v) is 4.53. The highest BCUT2D eigenvalue weighted by atomic mass is 16.5. The fourth-order valence-corrected chi connectivity index (χ4v) is 0.743. The first-order chi connectivity index (χ1) is 6.58. The molecule has 0 aromatic carbocycles. The van der Waals surface area contributed by atoms with Gasteiger partial charge >= 0.3 is 0 Å². The van der Waals surface area contributed by atoms with E-state index in [4.69, 9.17) is 31.5 Å². The maximum atomic E-state index is 8.81. The van der Waals surface area contributed by atoms with Crippen LogP contribution in [0.1, 0.15) is 6.42 Å². The fraction of sp³-hybridized carbons (Fsp3) is 1.00. The van der Waals surface area contributed by atoms with E-state index in [0.29, 0.717) is 13.0 Å². The highest BCUT2D eigenvalue weighted by Gasteiger charge is 2.23. The number of hydrogen-bond donors (Lipinski definition) is 5. The maximum Gasteiger partial charge on any atom is 0.0859 e. The van der Waals surface area contributed by atoms with Crippen molar-refractivity contribution in [3.63, 3.8) is 0 Å². The molecule has 6 heteroatoms. The van der Waals surface area contributed by atoms with Gasteiger partial charge in [0.05, 0.1) is 32.0 Å². The second-order valence-corrected chi connectivity index (χ2v) is 3.46. The summed E-state index contributed by atoms with van der Waals surface area (Å²) in [5.41, 5.74) is 9.87. The van der Waals surface area contributed by atoms with Crippen LogP contribution in [0.3, 0.4) is 0 Å². The van der Waals surface area contributed by atoms with Crippen molar-refractivity contribution in [1.82, 2.24) is 0 Å². The molecule has 0 aromatic heterocycles. The zero-order valence-electron chi connectivity index (χ0n) is 8.22. The Bertz CT molecular complexity index is 141. The van der Waals surface area contributed by atoms with Gasteiger partial charge in [0.2, 0.25) is 0 Å². The number of hydrogen-bond acceptors (Lipinski definition) is 6. The monoisotopic (exact) mass is 208 g/mol. The predicted molar refractivity (Wildman–Crippen MR) is 51.6 cm³/mol. The first-order valence-electron chi connectivity index (χ1n) is 4.53. The van der Waals surface area contributed by atoms with E-state index in [1.54, 1.807) is 0 Å². The molecule has 14 heavy (non-hydrogen) atoms. The summed E-state index contributed by atoms with van der Waals surface area (Å²) >= 11 is 0. The molecule has 0 saturated carbocycles. The van der Waals surface area contributed by atoms with Gasteiger partial charge in [0, 0.05) is 12.6 Å². The molecule has 0 radical (unpaired) electrons. The van der Waals surface area contributed by atoms with Gasteiger partial charge in [-0.3, -0.25) is 0 Å². The van der Waals surface area contributed by atoms with Gasteiger partial charge in [-0.15, -0.1) is 0 Å². The summed E-state index contributed by atoms with van der Waals surface area (Å²) in [6, 6.07) is -0.301. The van der Waals surface area contributed by atoms with Gasteiger partial charge in [0.15, 0.2) is 0 Å². The van der Waals surface area contributed by atoms with Crippen LogP contribution in [-0.4, -0.2) is 59.9 Å². The highest BCUT2D eigenvalue weighted by Crippen LogP contribution is 1.99. The summed E-state index contributed by atoms with van der Waals surface area (Å²) in [7, 11) is 0. The van der Waals surface area contributed by atoms with Crippen LogP contribution in [0.2, 0.25) is 0 Å². The van der Waals surface area contributed by atoms with Crippen molar-refractivity contribution in [2.24, 2.45) is 11.5 Å². The van der Waals surface area contributed by atoms with Crippen molar-refractivity contribution in [2.45, 2.75) is 18.0 Å². The van der Waals surface area contributed by atoms with E-state index in [1.807, 2.05) is 0 Å². The van der Waals surface area contributed by atoms with Crippen molar-refractivity contribution in [1.29, 1.82) is 0 Å². The molecule has 1 atom stereocenters. The van der Waals surface area contributed by atoms with Gasteiger partial charge < -0.3 is 31.5 Å².